The Morgan fingerprint density at radius 1 is 1.27 bits per heavy atom. The van der Waals surface area contributed by atoms with E-state index >= 15 is 0 Å². The highest BCUT2D eigenvalue weighted by Gasteiger charge is 2.36. The van der Waals surface area contributed by atoms with E-state index in [4.69, 9.17) is 4.42 Å². The Morgan fingerprint density at radius 3 is 2.77 bits per heavy atom. The van der Waals surface area contributed by atoms with Crippen LogP contribution < -0.4 is 5.56 Å². The van der Waals surface area contributed by atoms with Gasteiger partial charge in [-0.15, -0.1) is 0 Å². The van der Waals surface area contributed by atoms with Crippen molar-refractivity contribution in [1.82, 2.24) is 9.40 Å². The summed E-state index contributed by atoms with van der Waals surface area (Å²) in [5.74, 6) is 0.494. The first-order valence-corrected chi connectivity index (χ1v) is 9.92. The molecular formula is C18H17N3O4S. The summed E-state index contributed by atoms with van der Waals surface area (Å²) in [5, 5.41) is 5.05. The summed E-state index contributed by atoms with van der Waals surface area (Å²) in [5.41, 5.74) is 2.28. The molecular weight excluding hydrogens is 354 g/mol. The molecule has 0 unspecified atom stereocenters. The number of aryl methyl sites for hydroxylation is 1. The molecule has 3 aromatic rings. The zero-order valence-electron chi connectivity index (χ0n) is 14.3. The minimum absolute atomic E-state index is 0.265. The number of sulfonamides is 1. The fraction of sp³-hybridized carbons (Fsp3) is 0.222. The second kappa shape index (κ2) is 5.84. The molecule has 3 heterocycles. The second-order valence-corrected chi connectivity index (χ2v) is 8.26. The van der Waals surface area contributed by atoms with Crippen molar-refractivity contribution in [3.8, 4) is 0 Å². The molecule has 1 aliphatic heterocycles. The van der Waals surface area contributed by atoms with E-state index in [0.29, 0.717) is 17.0 Å². The molecule has 1 aromatic carbocycles. The number of benzene rings is 1. The molecule has 4 rings (SSSR count). The van der Waals surface area contributed by atoms with Gasteiger partial charge in [-0.3, -0.25) is 4.79 Å². The standard InChI is InChI=1S/C18H17N3O4S/c1-11-5-6-12-9-13(18(22)19-14(12)8-11)16-10-15(17-4-3-7-25-17)20-21(16)26(2,23)24/h3-9,16H,10H2,1-2H3,(H,19,22)/t16-/m1/s1. The van der Waals surface area contributed by atoms with Crippen molar-refractivity contribution in [2.24, 2.45) is 5.10 Å². The van der Waals surface area contributed by atoms with Gasteiger partial charge in [0, 0.05) is 17.5 Å². The lowest BCUT2D eigenvalue weighted by molar-refractivity contribution is 0.373. The Morgan fingerprint density at radius 2 is 2.08 bits per heavy atom. The third-order valence-electron chi connectivity index (χ3n) is 4.41. The fourth-order valence-corrected chi connectivity index (χ4v) is 4.09. The van der Waals surface area contributed by atoms with E-state index < -0.39 is 16.1 Å². The topological polar surface area (TPSA) is 95.7 Å². The van der Waals surface area contributed by atoms with Gasteiger partial charge in [-0.25, -0.2) is 8.42 Å². The van der Waals surface area contributed by atoms with Crippen LogP contribution in [0, 0.1) is 6.92 Å². The van der Waals surface area contributed by atoms with Gasteiger partial charge < -0.3 is 9.40 Å². The molecule has 1 atom stereocenters. The molecule has 2 aromatic heterocycles. The maximum absolute atomic E-state index is 12.6. The predicted molar refractivity (Wildman–Crippen MR) is 98.6 cm³/mol. The Labute approximate surface area is 150 Å². The van der Waals surface area contributed by atoms with Gasteiger partial charge in [-0.2, -0.15) is 9.52 Å². The maximum atomic E-state index is 12.6. The number of aromatic amines is 1. The number of fused-ring (bicyclic) bond motifs is 1. The van der Waals surface area contributed by atoms with Gasteiger partial charge in [0.2, 0.25) is 10.0 Å². The van der Waals surface area contributed by atoms with Crippen molar-refractivity contribution >= 4 is 26.6 Å². The molecule has 26 heavy (non-hydrogen) atoms. The zero-order valence-corrected chi connectivity index (χ0v) is 15.1. The summed E-state index contributed by atoms with van der Waals surface area (Å²) in [6, 6.07) is 10.2. The van der Waals surface area contributed by atoms with Crippen molar-refractivity contribution in [3.05, 3.63) is 69.9 Å². The molecule has 0 bridgehead atoms. The number of nitrogens with zero attached hydrogens (tertiary/aromatic N) is 2. The van der Waals surface area contributed by atoms with Crippen molar-refractivity contribution in [2.45, 2.75) is 19.4 Å². The first-order chi connectivity index (χ1) is 12.3. The molecule has 0 fully saturated rings. The summed E-state index contributed by atoms with van der Waals surface area (Å²) in [6.07, 6.45) is 2.84. The summed E-state index contributed by atoms with van der Waals surface area (Å²) in [4.78, 5) is 15.5. The minimum atomic E-state index is -3.65. The summed E-state index contributed by atoms with van der Waals surface area (Å²) in [7, 11) is -3.65. The molecule has 7 nitrogen and oxygen atoms in total. The lowest BCUT2D eigenvalue weighted by Crippen LogP contribution is -2.30. The van der Waals surface area contributed by atoms with Gasteiger partial charge in [0.15, 0.2) is 0 Å². The van der Waals surface area contributed by atoms with Crippen LogP contribution >= 0.6 is 0 Å². The average molecular weight is 371 g/mol. The van der Waals surface area contributed by atoms with Gasteiger partial charge in [0.1, 0.15) is 11.5 Å². The maximum Gasteiger partial charge on any atom is 0.253 e. The molecule has 0 spiro atoms. The van der Waals surface area contributed by atoms with E-state index in [9.17, 15) is 13.2 Å². The van der Waals surface area contributed by atoms with Crippen LogP contribution in [0.15, 0.2) is 57.0 Å². The first kappa shape index (κ1) is 16.6. The van der Waals surface area contributed by atoms with E-state index in [0.717, 1.165) is 27.1 Å². The minimum Gasteiger partial charge on any atom is -0.463 e. The van der Waals surface area contributed by atoms with Crippen molar-refractivity contribution in [3.63, 3.8) is 0 Å². The number of aromatic nitrogens is 1. The van der Waals surface area contributed by atoms with Crippen LogP contribution in [0.5, 0.6) is 0 Å². The van der Waals surface area contributed by atoms with Crippen LogP contribution in [0.1, 0.15) is 29.3 Å². The lowest BCUT2D eigenvalue weighted by atomic mass is 10.0. The molecule has 8 heteroatoms. The lowest BCUT2D eigenvalue weighted by Gasteiger charge is -2.21. The van der Waals surface area contributed by atoms with E-state index in [1.54, 1.807) is 18.2 Å². The van der Waals surface area contributed by atoms with Gasteiger partial charge in [-0.1, -0.05) is 12.1 Å². The van der Waals surface area contributed by atoms with Crippen LogP contribution in [-0.2, 0) is 10.0 Å². The predicted octanol–water partition coefficient (Wildman–Crippen LogP) is 2.54. The largest absolute Gasteiger partial charge is 0.463 e. The first-order valence-electron chi connectivity index (χ1n) is 8.07. The highest BCUT2D eigenvalue weighted by atomic mass is 32.2. The van der Waals surface area contributed by atoms with Crippen molar-refractivity contribution in [2.75, 3.05) is 6.26 Å². The summed E-state index contributed by atoms with van der Waals surface area (Å²) < 4.78 is 30.8. The van der Waals surface area contributed by atoms with Crippen LogP contribution in [0.25, 0.3) is 10.9 Å². The van der Waals surface area contributed by atoms with Gasteiger partial charge in [-0.05, 0) is 42.1 Å². The zero-order chi connectivity index (χ0) is 18.5. The summed E-state index contributed by atoms with van der Waals surface area (Å²) >= 11 is 0. The van der Waals surface area contributed by atoms with E-state index in [1.807, 2.05) is 25.1 Å². The third-order valence-corrected chi connectivity index (χ3v) is 5.42. The number of hydrogen-bond donors (Lipinski definition) is 1. The summed E-state index contributed by atoms with van der Waals surface area (Å²) in [6.45, 7) is 1.94. The fourth-order valence-electron chi connectivity index (χ4n) is 3.20. The van der Waals surface area contributed by atoms with E-state index in [1.165, 1.54) is 6.26 Å². The number of H-pyrrole nitrogens is 1. The Hall–Kier alpha value is -2.87. The van der Waals surface area contributed by atoms with Crippen LogP contribution in [0.2, 0.25) is 0 Å². The normalized spacial score (nSPS) is 17.7. The van der Waals surface area contributed by atoms with Crippen LogP contribution in [0.4, 0.5) is 0 Å². The molecule has 0 saturated heterocycles. The highest BCUT2D eigenvalue weighted by molar-refractivity contribution is 7.88. The number of rotatable bonds is 3. The molecule has 0 amide bonds. The number of hydrazone groups is 1. The van der Waals surface area contributed by atoms with E-state index in [-0.39, 0.29) is 12.0 Å². The molecule has 1 N–H and O–H groups in total. The van der Waals surface area contributed by atoms with Crippen molar-refractivity contribution < 1.29 is 12.8 Å². The molecule has 0 aliphatic carbocycles. The van der Waals surface area contributed by atoms with Crippen LogP contribution in [0.3, 0.4) is 0 Å². The second-order valence-electron chi connectivity index (χ2n) is 6.42. The highest BCUT2D eigenvalue weighted by Crippen LogP contribution is 2.34. The monoisotopic (exact) mass is 371 g/mol. The Balaban J connectivity index is 1.84. The third kappa shape index (κ3) is 2.82. The molecule has 0 saturated carbocycles. The Kier molecular flexibility index (Phi) is 3.73. The Bertz CT molecular complexity index is 1180. The van der Waals surface area contributed by atoms with Gasteiger partial charge in [0.05, 0.1) is 18.6 Å². The smallest absolute Gasteiger partial charge is 0.253 e. The number of pyridine rings is 1. The quantitative estimate of drug-likeness (QED) is 0.765. The molecule has 0 radical (unpaired) electrons. The number of nitrogens with one attached hydrogen (secondary N) is 1. The van der Waals surface area contributed by atoms with E-state index in [2.05, 4.69) is 10.1 Å². The number of hydrogen-bond acceptors (Lipinski definition) is 5. The van der Waals surface area contributed by atoms with Crippen LogP contribution in [-0.4, -0.2) is 29.8 Å². The number of furan rings is 1. The molecule has 134 valence electrons. The average Bonchev–Trinajstić information content (AvgIpc) is 3.23. The van der Waals surface area contributed by atoms with Crippen molar-refractivity contribution in [1.29, 1.82) is 0 Å². The molecule has 1 aliphatic rings. The van der Waals surface area contributed by atoms with Gasteiger partial charge in [0.25, 0.3) is 5.56 Å². The SMILES string of the molecule is Cc1ccc2cc([C@H]3CC(c4ccco4)=NN3S(C)(=O)=O)c(=O)[nH]c2c1. The van der Waals surface area contributed by atoms with Gasteiger partial charge >= 0.3 is 0 Å².